The van der Waals surface area contributed by atoms with Crippen LogP contribution in [-0.4, -0.2) is 26.6 Å². The molecular formula is C21H20FN3O3S2. The SMILES string of the molecule is C/C(=N/NC(=O)CN(c1ccc(F)cc1)S(=O)(=O)c1ccc(C)cc1)c1cccs1. The van der Waals surface area contributed by atoms with E-state index < -0.39 is 28.3 Å². The summed E-state index contributed by atoms with van der Waals surface area (Å²) in [6.07, 6.45) is 0. The first kappa shape index (κ1) is 21.7. The minimum atomic E-state index is -4.06. The molecular weight excluding hydrogens is 425 g/mol. The summed E-state index contributed by atoms with van der Waals surface area (Å²) in [6, 6.07) is 14.9. The molecule has 3 rings (SSSR count). The van der Waals surface area contributed by atoms with Gasteiger partial charge in [0, 0.05) is 4.88 Å². The number of halogens is 1. The van der Waals surface area contributed by atoms with E-state index in [4.69, 9.17) is 0 Å². The third-order valence-corrected chi connectivity index (χ3v) is 7.00. The van der Waals surface area contributed by atoms with Crippen LogP contribution in [0.15, 0.2) is 76.0 Å². The van der Waals surface area contributed by atoms with Crippen molar-refractivity contribution in [1.29, 1.82) is 0 Å². The van der Waals surface area contributed by atoms with Crippen LogP contribution in [-0.2, 0) is 14.8 Å². The highest BCUT2D eigenvalue weighted by Gasteiger charge is 2.27. The molecule has 156 valence electrons. The molecule has 0 atom stereocenters. The van der Waals surface area contributed by atoms with E-state index in [0.717, 1.165) is 26.9 Å². The summed E-state index contributed by atoms with van der Waals surface area (Å²) in [5, 5.41) is 5.93. The number of nitrogens with zero attached hydrogens (tertiary/aromatic N) is 2. The van der Waals surface area contributed by atoms with Gasteiger partial charge in [-0.1, -0.05) is 23.8 Å². The van der Waals surface area contributed by atoms with Gasteiger partial charge >= 0.3 is 0 Å². The summed E-state index contributed by atoms with van der Waals surface area (Å²) >= 11 is 1.47. The van der Waals surface area contributed by atoms with E-state index in [1.165, 1.54) is 35.6 Å². The zero-order valence-electron chi connectivity index (χ0n) is 16.4. The Labute approximate surface area is 178 Å². The fourth-order valence-electron chi connectivity index (χ4n) is 2.61. The van der Waals surface area contributed by atoms with E-state index in [2.05, 4.69) is 10.5 Å². The second-order valence-corrected chi connectivity index (χ2v) is 9.32. The van der Waals surface area contributed by atoms with Gasteiger partial charge in [0.1, 0.15) is 12.4 Å². The average Bonchev–Trinajstić information content (AvgIpc) is 3.26. The number of sulfonamides is 1. The van der Waals surface area contributed by atoms with Gasteiger partial charge in [-0.3, -0.25) is 9.10 Å². The first-order valence-corrected chi connectivity index (χ1v) is 11.3. The van der Waals surface area contributed by atoms with E-state index in [9.17, 15) is 17.6 Å². The lowest BCUT2D eigenvalue weighted by Crippen LogP contribution is -2.39. The molecule has 30 heavy (non-hydrogen) atoms. The number of hydrogen-bond acceptors (Lipinski definition) is 5. The van der Waals surface area contributed by atoms with Crippen molar-refractivity contribution in [2.45, 2.75) is 18.7 Å². The molecule has 0 saturated heterocycles. The Bertz CT molecular complexity index is 1140. The summed E-state index contributed by atoms with van der Waals surface area (Å²) in [5.41, 5.74) is 4.07. The molecule has 0 spiro atoms. The molecule has 2 aromatic carbocycles. The lowest BCUT2D eigenvalue weighted by Gasteiger charge is -2.23. The number of benzene rings is 2. The third kappa shape index (κ3) is 5.11. The Hall–Kier alpha value is -3.04. The van der Waals surface area contributed by atoms with Gasteiger partial charge in [-0.25, -0.2) is 18.2 Å². The standard InChI is InChI=1S/C21H20FN3O3S2/c1-15-5-11-19(12-6-15)30(27,28)25(18-9-7-17(22)8-10-18)14-21(26)24-23-16(2)20-4-3-13-29-20/h3-13H,14H2,1-2H3,(H,24,26)/b23-16-. The average molecular weight is 446 g/mol. The number of hydrogen-bond donors (Lipinski definition) is 1. The normalized spacial score (nSPS) is 11.9. The maximum Gasteiger partial charge on any atom is 0.264 e. The maximum atomic E-state index is 13.4. The van der Waals surface area contributed by atoms with Gasteiger partial charge < -0.3 is 0 Å². The van der Waals surface area contributed by atoms with Crippen LogP contribution in [0.3, 0.4) is 0 Å². The maximum absolute atomic E-state index is 13.4. The minimum absolute atomic E-state index is 0.0310. The van der Waals surface area contributed by atoms with Gasteiger partial charge in [0.25, 0.3) is 15.9 Å². The molecule has 6 nitrogen and oxygen atoms in total. The van der Waals surface area contributed by atoms with Gasteiger partial charge in [-0.05, 0) is 61.7 Å². The van der Waals surface area contributed by atoms with Gasteiger partial charge in [-0.2, -0.15) is 5.10 Å². The zero-order valence-corrected chi connectivity index (χ0v) is 18.0. The fourth-order valence-corrected chi connectivity index (χ4v) is 4.71. The Balaban J connectivity index is 1.88. The predicted molar refractivity (Wildman–Crippen MR) is 117 cm³/mol. The summed E-state index contributed by atoms with van der Waals surface area (Å²) in [4.78, 5) is 13.4. The lowest BCUT2D eigenvalue weighted by atomic mass is 10.2. The molecule has 1 amide bonds. The van der Waals surface area contributed by atoms with Crippen molar-refractivity contribution in [2.24, 2.45) is 5.10 Å². The molecule has 0 saturated carbocycles. The highest BCUT2D eigenvalue weighted by Crippen LogP contribution is 2.24. The van der Waals surface area contributed by atoms with Crippen LogP contribution in [0.2, 0.25) is 0 Å². The highest BCUT2D eigenvalue weighted by atomic mass is 32.2. The Kier molecular flexibility index (Phi) is 6.63. The fraction of sp³-hybridized carbons (Fsp3) is 0.143. The van der Waals surface area contributed by atoms with E-state index in [0.29, 0.717) is 5.71 Å². The van der Waals surface area contributed by atoms with Gasteiger partial charge in [0.15, 0.2) is 0 Å². The monoisotopic (exact) mass is 445 g/mol. The number of aryl methyl sites for hydroxylation is 1. The van der Waals surface area contributed by atoms with Crippen molar-refractivity contribution in [3.8, 4) is 0 Å². The molecule has 1 N–H and O–H groups in total. The summed E-state index contributed by atoms with van der Waals surface area (Å²) in [7, 11) is -4.06. The van der Waals surface area contributed by atoms with Crippen LogP contribution >= 0.6 is 11.3 Å². The third-order valence-electron chi connectivity index (χ3n) is 4.24. The van der Waals surface area contributed by atoms with Crippen LogP contribution in [0, 0.1) is 12.7 Å². The summed E-state index contributed by atoms with van der Waals surface area (Å²) in [5.74, 6) is -1.13. The number of anilines is 1. The number of hydrazone groups is 1. The van der Waals surface area contributed by atoms with Crippen LogP contribution < -0.4 is 9.73 Å². The molecule has 0 radical (unpaired) electrons. The Morgan fingerprint density at radius 2 is 1.77 bits per heavy atom. The molecule has 9 heteroatoms. The van der Waals surface area contributed by atoms with Crippen molar-refractivity contribution in [3.63, 3.8) is 0 Å². The molecule has 0 unspecified atom stereocenters. The number of carbonyl (C=O) groups excluding carboxylic acids is 1. The van der Waals surface area contributed by atoms with Crippen molar-refractivity contribution in [2.75, 3.05) is 10.8 Å². The van der Waals surface area contributed by atoms with Crippen LogP contribution in [0.25, 0.3) is 0 Å². The Morgan fingerprint density at radius 3 is 2.37 bits per heavy atom. The molecule has 1 heterocycles. The number of rotatable bonds is 7. The van der Waals surface area contributed by atoms with Crippen LogP contribution in [0.5, 0.6) is 0 Å². The molecule has 0 aliphatic heterocycles. The molecule has 0 aliphatic rings. The summed E-state index contributed by atoms with van der Waals surface area (Å²) in [6.45, 7) is 3.07. The number of nitrogens with one attached hydrogen (secondary N) is 1. The van der Waals surface area contributed by atoms with E-state index >= 15 is 0 Å². The van der Waals surface area contributed by atoms with Crippen molar-refractivity contribution in [3.05, 3.63) is 82.3 Å². The largest absolute Gasteiger partial charge is 0.271 e. The van der Waals surface area contributed by atoms with Gasteiger partial charge in [-0.15, -0.1) is 11.3 Å². The summed E-state index contributed by atoms with van der Waals surface area (Å²) < 4.78 is 40.7. The number of thiophene rings is 1. The number of carbonyl (C=O) groups is 1. The van der Waals surface area contributed by atoms with Crippen LogP contribution in [0.4, 0.5) is 10.1 Å². The Morgan fingerprint density at radius 1 is 1.10 bits per heavy atom. The molecule has 0 aliphatic carbocycles. The second-order valence-electron chi connectivity index (χ2n) is 6.51. The minimum Gasteiger partial charge on any atom is -0.271 e. The topological polar surface area (TPSA) is 78.8 Å². The van der Waals surface area contributed by atoms with Crippen molar-refractivity contribution >= 4 is 38.7 Å². The number of amides is 1. The predicted octanol–water partition coefficient (Wildman–Crippen LogP) is 3.93. The van der Waals surface area contributed by atoms with Gasteiger partial charge in [0.05, 0.1) is 16.3 Å². The molecule has 0 fully saturated rings. The van der Waals surface area contributed by atoms with Crippen molar-refractivity contribution in [1.82, 2.24) is 5.43 Å². The van der Waals surface area contributed by atoms with E-state index in [1.807, 2.05) is 24.4 Å². The lowest BCUT2D eigenvalue weighted by molar-refractivity contribution is -0.119. The molecule has 1 aromatic heterocycles. The molecule has 3 aromatic rings. The second kappa shape index (κ2) is 9.19. The highest BCUT2D eigenvalue weighted by molar-refractivity contribution is 7.92. The van der Waals surface area contributed by atoms with E-state index in [1.54, 1.807) is 19.1 Å². The first-order chi connectivity index (χ1) is 14.3. The smallest absolute Gasteiger partial charge is 0.264 e. The van der Waals surface area contributed by atoms with Crippen molar-refractivity contribution < 1.29 is 17.6 Å². The first-order valence-electron chi connectivity index (χ1n) is 8.99. The quantitative estimate of drug-likeness (QED) is 0.442. The zero-order chi connectivity index (χ0) is 21.7. The van der Waals surface area contributed by atoms with Gasteiger partial charge in [0.2, 0.25) is 0 Å². The molecule has 0 bridgehead atoms. The van der Waals surface area contributed by atoms with E-state index in [-0.39, 0.29) is 10.6 Å². The van der Waals surface area contributed by atoms with Crippen LogP contribution in [0.1, 0.15) is 17.4 Å².